The molecule has 0 amide bonds. The van der Waals surface area contributed by atoms with Crippen LogP contribution in [0.2, 0.25) is 0 Å². The van der Waals surface area contributed by atoms with Crippen LogP contribution in [0.15, 0.2) is 192 Å². The molecule has 2 aromatic heterocycles. The molecule has 4 nitrogen and oxygen atoms in total. The van der Waals surface area contributed by atoms with Gasteiger partial charge in [-0.2, -0.15) is 0 Å². The molecule has 0 aliphatic heterocycles. The van der Waals surface area contributed by atoms with Crippen molar-refractivity contribution in [3.63, 3.8) is 0 Å². The monoisotopic (exact) mass is 743 g/mol. The van der Waals surface area contributed by atoms with E-state index in [0.717, 1.165) is 60.9 Å². The molecule has 2 heterocycles. The molecule has 274 valence electrons. The van der Waals surface area contributed by atoms with Gasteiger partial charge in [-0.25, -0.2) is 15.0 Å². The second kappa shape index (κ2) is 13.4. The van der Waals surface area contributed by atoms with Crippen LogP contribution in [0.25, 0.3) is 101 Å². The Morgan fingerprint density at radius 1 is 0.362 bits per heavy atom. The number of benzene rings is 8. The Hall–Kier alpha value is -7.43. The number of rotatable bonds is 6. The summed E-state index contributed by atoms with van der Waals surface area (Å²) in [6.45, 7) is 4.60. The van der Waals surface area contributed by atoms with Gasteiger partial charge in [0, 0.05) is 32.9 Å². The molecule has 8 aromatic carbocycles. The number of hydrogen-bond donors (Lipinski definition) is 0. The van der Waals surface area contributed by atoms with E-state index in [9.17, 15) is 0 Å². The van der Waals surface area contributed by atoms with E-state index in [-0.39, 0.29) is 5.41 Å². The van der Waals surface area contributed by atoms with Gasteiger partial charge in [-0.1, -0.05) is 172 Å². The molecule has 0 bridgehead atoms. The first-order chi connectivity index (χ1) is 28.5. The highest BCUT2D eigenvalue weighted by atomic mass is 16.3. The van der Waals surface area contributed by atoms with Crippen molar-refractivity contribution in [1.82, 2.24) is 15.0 Å². The fourth-order valence-electron chi connectivity index (χ4n) is 8.96. The molecule has 0 atom stereocenters. The highest BCUT2D eigenvalue weighted by Crippen LogP contribution is 2.52. The maximum absolute atomic E-state index is 6.64. The van der Waals surface area contributed by atoms with E-state index in [1.807, 2.05) is 12.1 Å². The zero-order chi connectivity index (χ0) is 38.8. The molecule has 58 heavy (non-hydrogen) atoms. The second-order valence-corrected chi connectivity index (χ2v) is 15.6. The van der Waals surface area contributed by atoms with Gasteiger partial charge in [0.25, 0.3) is 0 Å². The van der Waals surface area contributed by atoms with Crippen LogP contribution in [0.4, 0.5) is 0 Å². The summed E-state index contributed by atoms with van der Waals surface area (Å²) in [5.41, 5.74) is 16.1. The van der Waals surface area contributed by atoms with Crippen LogP contribution < -0.4 is 0 Å². The van der Waals surface area contributed by atoms with E-state index in [1.54, 1.807) is 0 Å². The van der Waals surface area contributed by atoms with Crippen molar-refractivity contribution in [2.75, 3.05) is 0 Å². The lowest BCUT2D eigenvalue weighted by Gasteiger charge is -2.24. The lowest BCUT2D eigenvalue weighted by Crippen LogP contribution is -2.17. The average Bonchev–Trinajstić information content (AvgIpc) is 3.78. The number of furan rings is 1. The van der Waals surface area contributed by atoms with Gasteiger partial charge in [-0.05, 0) is 86.0 Å². The minimum atomic E-state index is -0.242. The van der Waals surface area contributed by atoms with Gasteiger partial charge < -0.3 is 4.42 Å². The van der Waals surface area contributed by atoms with E-state index >= 15 is 0 Å². The van der Waals surface area contributed by atoms with Crippen LogP contribution in [0.3, 0.4) is 0 Å². The summed E-state index contributed by atoms with van der Waals surface area (Å²) in [6, 6.07) is 66.0. The predicted octanol–water partition coefficient (Wildman–Crippen LogP) is 14.1. The van der Waals surface area contributed by atoms with Crippen LogP contribution in [0, 0.1) is 0 Å². The van der Waals surface area contributed by atoms with Crippen LogP contribution in [0.1, 0.15) is 25.0 Å². The first-order valence-corrected chi connectivity index (χ1v) is 19.8. The largest absolute Gasteiger partial charge is 0.456 e. The van der Waals surface area contributed by atoms with Crippen molar-refractivity contribution >= 4 is 21.9 Å². The fraction of sp³-hybridized carbons (Fsp3) is 0.0556. The van der Waals surface area contributed by atoms with Crippen molar-refractivity contribution in [1.29, 1.82) is 0 Å². The van der Waals surface area contributed by atoms with Crippen molar-refractivity contribution in [3.8, 4) is 78.7 Å². The first kappa shape index (κ1) is 33.9. The normalized spacial score (nSPS) is 12.8. The molecule has 10 aromatic rings. The lowest BCUT2D eigenvalue weighted by molar-refractivity contribution is 0.661. The average molecular weight is 744 g/mol. The van der Waals surface area contributed by atoms with Gasteiger partial charge in [0.05, 0.1) is 0 Å². The Bertz CT molecular complexity index is 3200. The van der Waals surface area contributed by atoms with Crippen molar-refractivity contribution < 1.29 is 4.42 Å². The van der Waals surface area contributed by atoms with Gasteiger partial charge in [0.2, 0.25) is 0 Å². The number of hydrogen-bond acceptors (Lipinski definition) is 4. The third kappa shape index (κ3) is 5.56. The maximum Gasteiger partial charge on any atom is 0.164 e. The number of nitrogens with zero attached hydrogens (tertiary/aromatic N) is 3. The van der Waals surface area contributed by atoms with Crippen molar-refractivity contribution in [2.45, 2.75) is 19.3 Å². The molecule has 0 saturated carbocycles. The van der Waals surface area contributed by atoms with Crippen LogP contribution in [-0.4, -0.2) is 15.0 Å². The molecule has 4 heteroatoms. The van der Waals surface area contributed by atoms with E-state index < -0.39 is 0 Å². The summed E-state index contributed by atoms with van der Waals surface area (Å²) in [6.07, 6.45) is 0. The third-order valence-electron chi connectivity index (χ3n) is 11.7. The zero-order valence-corrected chi connectivity index (χ0v) is 32.1. The Labute approximate surface area is 337 Å². The minimum Gasteiger partial charge on any atom is -0.456 e. The van der Waals surface area contributed by atoms with E-state index in [1.165, 1.54) is 33.4 Å². The minimum absolute atomic E-state index is 0.242. The number of fused-ring (bicyclic) bond motifs is 6. The molecule has 0 radical (unpaired) electrons. The smallest absolute Gasteiger partial charge is 0.164 e. The molecule has 0 N–H and O–H groups in total. The van der Waals surface area contributed by atoms with Crippen LogP contribution in [-0.2, 0) is 5.41 Å². The summed E-state index contributed by atoms with van der Waals surface area (Å²) >= 11 is 0. The van der Waals surface area contributed by atoms with Crippen LogP contribution >= 0.6 is 0 Å². The Morgan fingerprint density at radius 3 is 1.62 bits per heavy atom. The molecule has 0 saturated heterocycles. The van der Waals surface area contributed by atoms with E-state index in [4.69, 9.17) is 19.4 Å². The molecule has 0 fully saturated rings. The van der Waals surface area contributed by atoms with Gasteiger partial charge in [0.15, 0.2) is 17.5 Å². The van der Waals surface area contributed by atoms with Gasteiger partial charge >= 0.3 is 0 Å². The molecule has 0 spiro atoms. The Balaban J connectivity index is 1.08. The summed E-state index contributed by atoms with van der Waals surface area (Å²) < 4.78 is 6.64. The first-order valence-electron chi connectivity index (χ1n) is 19.8. The standard InChI is InChI=1S/C54H37N3O/c1-54(2)46-27-10-9-23-42(46)43-25-13-26-45(50(43)54)53-56-51(39-22-12-20-37(32-39)35-17-7-4-8-18-35)55-52(57-53)40-29-30-44-48(33-40)58-47-28-14-24-41(49(44)47)38-21-11-19-36(31-38)34-15-5-3-6-16-34/h3-33H,1-2H3. The van der Waals surface area contributed by atoms with Gasteiger partial charge in [0.1, 0.15) is 11.2 Å². The van der Waals surface area contributed by atoms with Crippen molar-refractivity contribution in [3.05, 3.63) is 199 Å². The summed E-state index contributed by atoms with van der Waals surface area (Å²) in [4.78, 5) is 15.8. The zero-order valence-electron chi connectivity index (χ0n) is 32.1. The second-order valence-electron chi connectivity index (χ2n) is 15.6. The Kier molecular flexibility index (Phi) is 7.80. The topological polar surface area (TPSA) is 51.8 Å². The number of aromatic nitrogens is 3. The summed E-state index contributed by atoms with van der Waals surface area (Å²) in [5.74, 6) is 1.86. The molecule has 1 aliphatic rings. The van der Waals surface area contributed by atoms with Crippen molar-refractivity contribution in [2.24, 2.45) is 0 Å². The highest BCUT2D eigenvalue weighted by Gasteiger charge is 2.38. The molecule has 1 aliphatic carbocycles. The van der Waals surface area contributed by atoms with Gasteiger partial charge in [-0.3, -0.25) is 0 Å². The molecular formula is C54H37N3O. The predicted molar refractivity (Wildman–Crippen MR) is 237 cm³/mol. The van der Waals surface area contributed by atoms with E-state index in [0.29, 0.717) is 17.5 Å². The third-order valence-corrected chi connectivity index (χ3v) is 11.7. The maximum atomic E-state index is 6.64. The summed E-state index contributed by atoms with van der Waals surface area (Å²) in [7, 11) is 0. The fourth-order valence-corrected chi connectivity index (χ4v) is 8.96. The SMILES string of the molecule is CC1(C)c2ccccc2-c2cccc(-c3nc(-c4cccc(-c5ccccc5)c4)nc(-c4ccc5c(c4)oc4cccc(-c6cccc(-c7ccccc7)c6)c45)n3)c21. The highest BCUT2D eigenvalue weighted by molar-refractivity contribution is 6.13. The van der Waals surface area contributed by atoms with Crippen LogP contribution in [0.5, 0.6) is 0 Å². The molecule has 11 rings (SSSR count). The quantitative estimate of drug-likeness (QED) is 0.170. The Morgan fingerprint density at radius 2 is 0.879 bits per heavy atom. The van der Waals surface area contributed by atoms with E-state index in [2.05, 4.69) is 190 Å². The molecule has 0 unspecified atom stereocenters. The van der Waals surface area contributed by atoms with Gasteiger partial charge in [-0.15, -0.1) is 0 Å². The summed E-state index contributed by atoms with van der Waals surface area (Å²) in [5, 5.41) is 2.13. The lowest BCUT2D eigenvalue weighted by atomic mass is 9.80. The molecular weight excluding hydrogens is 707 g/mol.